The van der Waals surface area contributed by atoms with Crippen LogP contribution in [0.5, 0.6) is 0 Å². The minimum atomic E-state index is 0.305. The topological polar surface area (TPSA) is 72.4 Å². The smallest absolute Gasteiger partial charge is 0.265 e. The molecule has 1 unspecified atom stereocenters. The highest BCUT2D eigenvalue weighted by Crippen LogP contribution is 2.23. The third-order valence-electron chi connectivity index (χ3n) is 4.67. The number of hydrogen-bond acceptors (Lipinski definition) is 7. The van der Waals surface area contributed by atoms with E-state index in [0.717, 1.165) is 31.7 Å². The van der Waals surface area contributed by atoms with Crippen molar-refractivity contribution in [2.75, 3.05) is 45.2 Å². The van der Waals surface area contributed by atoms with Gasteiger partial charge in [-0.05, 0) is 29.8 Å². The minimum absolute atomic E-state index is 0.305. The molecule has 0 N–H and O–H groups in total. The molecule has 1 aliphatic rings. The van der Waals surface area contributed by atoms with Gasteiger partial charge >= 0.3 is 0 Å². The molecule has 1 aliphatic heterocycles. The molecule has 1 atom stereocenters. The molecule has 2 heterocycles. The third-order valence-corrected chi connectivity index (χ3v) is 4.67. The zero-order chi connectivity index (χ0) is 17.8. The van der Waals surface area contributed by atoms with Crippen LogP contribution < -0.4 is 4.90 Å². The van der Waals surface area contributed by atoms with E-state index in [1.165, 1.54) is 5.56 Å². The Bertz CT molecular complexity index is 742. The van der Waals surface area contributed by atoms with E-state index in [0.29, 0.717) is 24.4 Å². The maximum atomic E-state index is 9.07. The van der Waals surface area contributed by atoms with Crippen LogP contribution in [0, 0.1) is 11.3 Å². The van der Waals surface area contributed by atoms with Gasteiger partial charge in [0.25, 0.3) is 5.95 Å². The van der Waals surface area contributed by atoms with Crippen LogP contribution in [0.1, 0.15) is 30.0 Å². The van der Waals surface area contributed by atoms with Crippen LogP contribution in [0.15, 0.2) is 28.8 Å². The fraction of sp³-hybridized carbons (Fsp3) is 0.500. The quantitative estimate of drug-likeness (QED) is 0.823. The maximum Gasteiger partial charge on any atom is 0.265 e. The van der Waals surface area contributed by atoms with E-state index in [9.17, 15) is 0 Å². The summed E-state index contributed by atoms with van der Waals surface area (Å²) in [6.45, 7) is 6.77. The standard InChI is InChI=1S/C18H24N6O/c1-14(16-6-4-5-15(11-16)12-19)24-9-7-23(8-10-24)13-17-20-18(21-25-17)22(2)3/h4-6,11,14H,7-10,13H2,1-3H3. The molecule has 3 rings (SSSR count). The van der Waals surface area contributed by atoms with Crippen molar-refractivity contribution in [3.8, 4) is 6.07 Å². The van der Waals surface area contributed by atoms with Gasteiger partial charge in [0.1, 0.15) is 0 Å². The number of hydrogen-bond donors (Lipinski definition) is 0. The third kappa shape index (κ3) is 4.16. The Labute approximate surface area is 148 Å². The fourth-order valence-electron chi connectivity index (χ4n) is 3.07. The highest BCUT2D eigenvalue weighted by Gasteiger charge is 2.23. The molecular formula is C18H24N6O. The van der Waals surface area contributed by atoms with Gasteiger partial charge in [-0.15, -0.1) is 0 Å². The predicted molar refractivity (Wildman–Crippen MR) is 95.0 cm³/mol. The van der Waals surface area contributed by atoms with Gasteiger partial charge in [-0.25, -0.2) is 0 Å². The predicted octanol–water partition coefficient (Wildman–Crippen LogP) is 1.89. The Morgan fingerprint density at radius 1 is 1.28 bits per heavy atom. The Morgan fingerprint density at radius 3 is 2.68 bits per heavy atom. The SMILES string of the molecule is CC(c1cccc(C#N)c1)N1CCN(Cc2nc(N(C)C)no2)CC1. The summed E-state index contributed by atoms with van der Waals surface area (Å²) in [5, 5.41) is 13.0. The molecule has 1 fully saturated rings. The van der Waals surface area contributed by atoms with Crippen LogP contribution in [-0.2, 0) is 6.54 Å². The number of nitrogens with zero attached hydrogens (tertiary/aromatic N) is 6. The van der Waals surface area contributed by atoms with Gasteiger partial charge in [-0.1, -0.05) is 12.1 Å². The number of aromatic nitrogens is 2. The molecule has 1 saturated heterocycles. The lowest BCUT2D eigenvalue weighted by atomic mass is 10.0. The zero-order valence-corrected chi connectivity index (χ0v) is 15.0. The molecule has 0 saturated carbocycles. The molecule has 7 nitrogen and oxygen atoms in total. The minimum Gasteiger partial charge on any atom is -0.344 e. The van der Waals surface area contributed by atoms with Crippen molar-refractivity contribution in [2.45, 2.75) is 19.5 Å². The van der Waals surface area contributed by atoms with Crippen LogP contribution in [0.3, 0.4) is 0 Å². The molecule has 132 valence electrons. The lowest BCUT2D eigenvalue weighted by Crippen LogP contribution is -2.46. The van der Waals surface area contributed by atoms with Crippen molar-refractivity contribution < 1.29 is 4.52 Å². The summed E-state index contributed by atoms with van der Waals surface area (Å²) in [6.07, 6.45) is 0. The van der Waals surface area contributed by atoms with E-state index in [4.69, 9.17) is 9.78 Å². The van der Waals surface area contributed by atoms with E-state index >= 15 is 0 Å². The second-order valence-corrected chi connectivity index (χ2v) is 6.61. The van der Waals surface area contributed by atoms with Gasteiger partial charge in [0.05, 0.1) is 18.2 Å². The van der Waals surface area contributed by atoms with Crippen molar-refractivity contribution in [3.63, 3.8) is 0 Å². The van der Waals surface area contributed by atoms with Crippen LogP contribution in [0.2, 0.25) is 0 Å². The lowest BCUT2D eigenvalue weighted by molar-refractivity contribution is 0.0905. The van der Waals surface area contributed by atoms with Crippen molar-refractivity contribution in [1.82, 2.24) is 19.9 Å². The number of rotatable bonds is 5. The fourth-order valence-corrected chi connectivity index (χ4v) is 3.07. The summed E-state index contributed by atoms with van der Waals surface area (Å²) in [6, 6.07) is 10.4. The van der Waals surface area contributed by atoms with Crippen molar-refractivity contribution in [1.29, 1.82) is 5.26 Å². The average molecular weight is 340 g/mol. The van der Waals surface area contributed by atoms with Gasteiger partial charge < -0.3 is 9.42 Å². The molecule has 0 radical (unpaired) electrons. The summed E-state index contributed by atoms with van der Waals surface area (Å²) >= 11 is 0. The Morgan fingerprint density at radius 2 is 2.04 bits per heavy atom. The number of piperazine rings is 1. The molecule has 0 amide bonds. The first-order chi connectivity index (χ1) is 12.1. The number of nitriles is 1. The Kier molecular flexibility index (Phi) is 5.31. The molecule has 1 aromatic heterocycles. The normalized spacial score (nSPS) is 17.2. The van der Waals surface area contributed by atoms with Crippen molar-refractivity contribution in [3.05, 3.63) is 41.3 Å². The molecule has 0 bridgehead atoms. The monoisotopic (exact) mass is 340 g/mol. The molecule has 7 heteroatoms. The zero-order valence-electron chi connectivity index (χ0n) is 15.0. The lowest BCUT2D eigenvalue weighted by Gasteiger charge is -2.37. The van der Waals surface area contributed by atoms with E-state index < -0.39 is 0 Å². The van der Waals surface area contributed by atoms with E-state index in [2.05, 4.69) is 39.0 Å². The summed E-state index contributed by atoms with van der Waals surface area (Å²) < 4.78 is 5.31. The van der Waals surface area contributed by atoms with Crippen molar-refractivity contribution >= 4 is 5.95 Å². The van der Waals surface area contributed by atoms with Crippen LogP contribution >= 0.6 is 0 Å². The summed E-state index contributed by atoms with van der Waals surface area (Å²) in [7, 11) is 3.80. The maximum absolute atomic E-state index is 9.07. The van der Waals surface area contributed by atoms with Gasteiger partial charge in [0, 0.05) is 46.3 Å². The van der Waals surface area contributed by atoms with E-state index in [-0.39, 0.29) is 0 Å². The molecule has 0 spiro atoms. The summed E-state index contributed by atoms with van der Waals surface area (Å²) in [4.78, 5) is 11.0. The molecule has 1 aromatic carbocycles. The highest BCUT2D eigenvalue weighted by molar-refractivity contribution is 5.34. The van der Waals surface area contributed by atoms with Gasteiger partial charge in [-0.2, -0.15) is 10.2 Å². The molecular weight excluding hydrogens is 316 g/mol. The highest BCUT2D eigenvalue weighted by atomic mass is 16.5. The number of anilines is 1. The second kappa shape index (κ2) is 7.64. The first-order valence-electron chi connectivity index (χ1n) is 8.53. The van der Waals surface area contributed by atoms with Crippen molar-refractivity contribution in [2.24, 2.45) is 0 Å². The largest absolute Gasteiger partial charge is 0.344 e. The van der Waals surface area contributed by atoms with Crippen LogP contribution in [0.25, 0.3) is 0 Å². The average Bonchev–Trinajstić information content (AvgIpc) is 3.10. The first-order valence-corrected chi connectivity index (χ1v) is 8.53. The summed E-state index contributed by atoms with van der Waals surface area (Å²) in [5.41, 5.74) is 1.91. The van der Waals surface area contributed by atoms with Gasteiger partial charge in [0.2, 0.25) is 5.89 Å². The van der Waals surface area contributed by atoms with E-state index in [1.807, 2.05) is 37.2 Å². The summed E-state index contributed by atoms with van der Waals surface area (Å²) in [5.74, 6) is 1.27. The molecule has 2 aromatic rings. The Balaban J connectivity index is 1.55. The first kappa shape index (κ1) is 17.4. The van der Waals surface area contributed by atoms with Gasteiger partial charge in [-0.3, -0.25) is 9.80 Å². The van der Waals surface area contributed by atoms with Gasteiger partial charge in [0.15, 0.2) is 0 Å². The molecule has 0 aliphatic carbocycles. The number of benzene rings is 1. The van der Waals surface area contributed by atoms with Crippen LogP contribution in [-0.4, -0.2) is 60.2 Å². The van der Waals surface area contributed by atoms with Crippen LogP contribution in [0.4, 0.5) is 5.95 Å². The van der Waals surface area contributed by atoms with E-state index in [1.54, 1.807) is 0 Å². The molecule has 25 heavy (non-hydrogen) atoms. The second-order valence-electron chi connectivity index (χ2n) is 6.61. The Hall–Kier alpha value is -2.43.